The predicted molar refractivity (Wildman–Crippen MR) is 410 cm³/mol. The molecule has 9 heteroatoms. The molecule has 95 heavy (non-hydrogen) atoms. The molecule has 0 radical (unpaired) electrons. The lowest BCUT2D eigenvalue weighted by atomic mass is 9.99. The van der Waals surface area contributed by atoms with Crippen molar-refractivity contribution in [2.75, 3.05) is 13.2 Å². The first-order valence-corrected chi connectivity index (χ1v) is 40.3. The number of amides is 1. The van der Waals surface area contributed by atoms with Gasteiger partial charge in [0.15, 0.2) is 6.29 Å². The average Bonchev–Trinajstić information content (AvgIpc) is 0.836. The van der Waals surface area contributed by atoms with Crippen LogP contribution in [0.4, 0.5) is 0 Å². The van der Waals surface area contributed by atoms with Crippen LogP contribution in [0.15, 0.2) is 122 Å². The number of nitrogens with one attached hydrogen (secondary N) is 1. The number of hydrogen-bond acceptors (Lipinski definition) is 8. The Morgan fingerprint density at radius 3 is 1.01 bits per heavy atom. The molecule has 1 saturated heterocycles. The van der Waals surface area contributed by atoms with Crippen molar-refractivity contribution in [3.8, 4) is 0 Å². The van der Waals surface area contributed by atoms with Crippen molar-refractivity contribution in [2.45, 2.75) is 403 Å². The summed E-state index contributed by atoms with van der Waals surface area (Å²) in [7, 11) is 0. The standard InChI is InChI=1S/C86H151NO8/c1-3-5-7-9-11-13-15-17-19-21-23-25-27-29-31-33-35-36-37-38-39-40-41-42-43-44-46-48-50-52-54-56-58-60-62-64-66-68-70-72-74-76-82(90)87-79(78-94-86-85(93)84(92)83(91)81(77-88)95-86)80(89)75-73-71-69-67-65-63-61-59-57-55-53-51-49-47-45-34-32-30-28-26-24-22-20-18-16-14-12-10-8-6-4-2/h5,7,11,13,17,19,23,25,29,31,35-36,38-39,57,59,65,67,73,75,79-81,83-86,88-89,91-93H,3-4,6,8-10,12,14-16,18,20-22,24,26-28,30,32-34,37,40-56,58,60-64,66,68-72,74,76-78H2,1-2H3,(H,87,90)/b7-5-,13-11-,19-17-,25-23-,31-29-,36-35-,39-38-,59-57+,67-65+,75-73+. The lowest BCUT2D eigenvalue weighted by Gasteiger charge is -2.40. The number of carbonyl (C=O) groups is 1. The molecule has 0 aromatic heterocycles. The summed E-state index contributed by atoms with van der Waals surface area (Å²) in [6.07, 6.45) is 103. The van der Waals surface area contributed by atoms with Gasteiger partial charge in [0.1, 0.15) is 24.4 Å². The fraction of sp³-hybridized carbons (Fsp3) is 0.756. The smallest absolute Gasteiger partial charge is 0.220 e. The molecule has 0 aliphatic carbocycles. The van der Waals surface area contributed by atoms with Gasteiger partial charge in [-0.15, -0.1) is 0 Å². The second-order valence-corrected chi connectivity index (χ2v) is 27.5. The lowest BCUT2D eigenvalue weighted by molar-refractivity contribution is -0.302. The molecule has 7 unspecified atom stereocenters. The Morgan fingerprint density at radius 1 is 0.368 bits per heavy atom. The van der Waals surface area contributed by atoms with Gasteiger partial charge in [-0.1, -0.05) is 373 Å². The van der Waals surface area contributed by atoms with Gasteiger partial charge in [0.25, 0.3) is 0 Å². The maximum Gasteiger partial charge on any atom is 0.220 e. The molecule has 0 bridgehead atoms. The van der Waals surface area contributed by atoms with E-state index in [-0.39, 0.29) is 12.5 Å². The van der Waals surface area contributed by atoms with E-state index >= 15 is 0 Å². The van der Waals surface area contributed by atoms with Gasteiger partial charge < -0.3 is 40.3 Å². The van der Waals surface area contributed by atoms with Crippen LogP contribution in [0.3, 0.4) is 0 Å². The third kappa shape index (κ3) is 61.4. The Bertz CT molecular complexity index is 1930. The summed E-state index contributed by atoms with van der Waals surface area (Å²) < 4.78 is 11.3. The maximum absolute atomic E-state index is 13.2. The Balaban J connectivity index is 2.10. The van der Waals surface area contributed by atoms with Crippen LogP contribution in [0.2, 0.25) is 0 Å². The number of aliphatic hydroxyl groups is 5. The lowest BCUT2D eigenvalue weighted by Crippen LogP contribution is -2.60. The van der Waals surface area contributed by atoms with Crippen LogP contribution in [0.5, 0.6) is 0 Å². The van der Waals surface area contributed by atoms with E-state index in [1.165, 1.54) is 250 Å². The number of allylic oxidation sites excluding steroid dienone is 19. The number of rotatable bonds is 70. The molecule has 1 aliphatic rings. The Hall–Kier alpha value is -3.41. The molecule has 1 fully saturated rings. The zero-order valence-electron chi connectivity index (χ0n) is 61.6. The van der Waals surface area contributed by atoms with Gasteiger partial charge in [-0.05, 0) is 103 Å². The second-order valence-electron chi connectivity index (χ2n) is 27.5. The van der Waals surface area contributed by atoms with Crippen LogP contribution in [0, 0.1) is 0 Å². The molecule has 9 nitrogen and oxygen atoms in total. The summed E-state index contributed by atoms with van der Waals surface area (Å²) in [5.74, 6) is -0.188. The van der Waals surface area contributed by atoms with Crippen LogP contribution < -0.4 is 5.32 Å². The summed E-state index contributed by atoms with van der Waals surface area (Å²) in [6, 6.07) is -0.836. The number of carbonyl (C=O) groups excluding carboxylic acids is 1. The minimum Gasteiger partial charge on any atom is -0.394 e. The number of ether oxygens (including phenoxy) is 2. The van der Waals surface area contributed by atoms with Gasteiger partial charge in [0.2, 0.25) is 5.91 Å². The van der Waals surface area contributed by atoms with Crippen molar-refractivity contribution in [1.29, 1.82) is 0 Å². The van der Waals surface area contributed by atoms with Crippen LogP contribution in [-0.2, 0) is 14.3 Å². The van der Waals surface area contributed by atoms with Crippen LogP contribution in [0.1, 0.15) is 361 Å². The van der Waals surface area contributed by atoms with E-state index in [4.69, 9.17) is 9.47 Å². The van der Waals surface area contributed by atoms with Gasteiger partial charge in [0.05, 0.1) is 25.4 Å². The zero-order chi connectivity index (χ0) is 68.5. The summed E-state index contributed by atoms with van der Waals surface area (Å²) in [4.78, 5) is 13.2. The topological polar surface area (TPSA) is 149 Å². The van der Waals surface area contributed by atoms with Crippen molar-refractivity contribution in [3.05, 3.63) is 122 Å². The highest BCUT2D eigenvalue weighted by Crippen LogP contribution is 2.23. The summed E-state index contributed by atoms with van der Waals surface area (Å²) in [5, 5.41) is 54.9. The van der Waals surface area contributed by atoms with E-state index in [2.05, 4.69) is 129 Å². The van der Waals surface area contributed by atoms with Gasteiger partial charge in [-0.3, -0.25) is 4.79 Å². The fourth-order valence-corrected chi connectivity index (χ4v) is 12.3. The highest BCUT2D eigenvalue weighted by atomic mass is 16.7. The molecule has 0 aromatic carbocycles. The van der Waals surface area contributed by atoms with E-state index in [1.807, 2.05) is 6.08 Å². The molecule has 7 atom stereocenters. The minimum atomic E-state index is -1.58. The first kappa shape index (κ1) is 89.6. The minimum absolute atomic E-state index is 0.188. The van der Waals surface area contributed by atoms with Crippen molar-refractivity contribution in [3.63, 3.8) is 0 Å². The molecule has 548 valence electrons. The number of hydrogen-bond donors (Lipinski definition) is 6. The largest absolute Gasteiger partial charge is 0.394 e. The van der Waals surface area contributed by atoms with Crippen molar-refractivity contribution < 1.29 is 39.8 Å². The molecule has 0 aromatic rings. The van der Waals surface area contributed by atoms with Gasteiger partial charge in [-0.25, -0.2) is 0 Å². The van der Waals surface area contributed by atoms with Crippen LogP contribution in [-0.4, -0.2) is 87.5 Å². The second kappa shape index (κ2) is 73.3. The first-order chi connectivity index (χ1) is 46.8. The Labute approximate surface area is 586 Å². The van der Waals surface area contributed by atoms with E-state index in [0.29, 0.717) is 6.42 Å². The number of aliphatic hydroxyl groups excluding tert-OH is 5. The molecule has 0 spiro atoms. The third-order valence-electron chi connectivity index (χ3n) is 18.5. The molecule has 0 saturated carbocycles. The monoisotopic (exact) mass is 1330 g/mol. The zero-order valence-corrected chi connectivity index (χ0v) is 61.6. The molecule has 1 aliphatic heterocycles. The van der Waals surface area contributed by atoms with Crippen molar-refractivity contribution in [2.24, 2.45) is 0 Å². The SMILES string of the molecule is CC/C=C\C/C=C\C/C=C\C/C=C\C/C=C\C/C=C\C/C=C\CCCCCCCCCCCCCCCCCCCCCC(=O)NC(COC1OC(CO)C(O)C(O)C1O)C(O)/C=C/CC/C=C/CC/C=C/CCCCCCCCCCCCCCCCCCCCCCC. The third-order valence-corrected chi connectivity index (χ3v) is 18.5. The molecule has 1 amide bonds. The molecule has 6 N–H and O–H groups in total. The average molecular weight is 1330 g/mol. The highest BCUT2D eigenvalue weighted by molar-refractivity contribution is 5.76. The van der Waals surface area contributed by atoms with E-state index < -0.39 is 49.5 Å². The number of unbranched alkanes of at least 4 members (excludes halogenated alkanes) is 42. The molecule has 1 rings (SSSR count). The van der Waals surface area contributed by atoms with E-state index in [9.17, 15) is 30.3 Å². The van der Waals surface area contributed by atoms with Crippen molar-refractivity contribution >= 4 is 5.91 Å². The Kier molecular flexibility index (Phi) is 69.1. The molecular weight excluding hydrogens is 1170 g/mol. The highest BCUT2D eigenvalue weighted by Gasteiger charge is 2.44. The maximum atomic E-state index is 13.2. The van der Waals surface area contributed by atoms with Gasteiger partial charge in [-0.2, -0.15) is 0 Å². The quantitative estimate of drug-likeness (QED) is 0.0261. The first-order valence-electron chi connectivity index (χ1n) is 40.3. The van der Waals surface area contributed by atoms with E-state index in [1.54, 1.807) is 6.08 Å². The molecule has 1 heterocycles. The molecular formula is C86H151NO8. The van der Waals surface area contributed by atoms with E-state index in [0.717, 1.165) is 89.9 Å². The summed E-state index contributed by atoms with van der Waals surface area (Å²) in [5.41, 5.74) is 0. The van der Waals surface area contributed by atoms with Gasteiger partial charge in [0, 0.05) is 6.42 Å². The van der Waals surface area contributed by atoms with Crippen LogP contribution >= 0.6 is 0 Å². The fourth-order valence-electron chi connectivity index (χ4n) is 12.3. The van der Waals surface area contributed by atoms with Crippen LogP contribution in [0.25, 0.3) is 0 Å². The predicted octanol–water partition coefficient (Wildman–Crippen LogP) is 23.3. The van der Waals surface area contributed by atoms with Crippen molar-refractivity contribution in [1.82, 2.24) is 5.32 Å². The summed E-state index contributed by atoms with van der Waals surface area (Å²) >= 11 is 0. The van der Waals surface area contributed by atoms with Gasteiger partial charge >= 0.3 is 0 Å². The summed E-state index contributed by atoms with van der Waals surface area (Å²) in [6.45, 7) is 3.68. The Morgan fingerprint density at radius 2 is 0.663 bits per heavy atom. The normalized spacial score (nSPS) is 18.2.